The summed E-state index contributed by atoms with van der Waals surface area (Å²) in [7, 11) is 2.18. The molecule has 1 fully saturated rings. The predicted octanol–water partition coefficient (Wildman–Crippen LogP) is 8.18. The Morgan fingerprint density at radius 3 is 2.43 bits per heavy atom. The summed E-state index contributed by atoms with van der Waals surface area (Å²) >= 11 is 0. The third-order valence-electron chi connectivity index (χ3n) is 9.18. The molecular weight excluding hydrogens is 428 g/mol. The highest BCUT2D eigenvalue weighted by Crippen LogP contribution is 2.54. The van der Waals surface area contributed by atoms with Gasteiger partial charge in [0.1, 0.15) is 7.05 Å². The number of furan rings is 1. The van der Waals surface area contributed by atoms with E-state index in [0.29, 0.717) is 5.92 Å². The van der Waals surface area contributed by atoms with Crippen molar-refractivity contribution < 1.29 is 8.98 Å². The maximum absolute atomic E-state index is 6.66. The normalized spacial score (nSPS) is 19.8. The second kappa shape index (κ2) is 7.91. The second-order valence-corrected chi connectivity index (χ2v) is 12.5. The lowest BCUT2D eigenvalue weighted by atomic mass is 9.60. The number of pyridine rings is 2. The highest BCUT2D eigenvalue weighted by Gasteiger charge is 2.42. The summed E-state index contributed by atoms with van der Waals surface area (Å²) in [5, 5.41) is 2.43. The summed E-state index contributed by atoms with van der Waals surface area (Å²) in [6, 6.07) is 9.06. The van der Waals surface area contributed by atoms with Crippen molar-refractivity contribution in [3.05, 3.63) is 58.9 Å². The van der Waals surface area contributed by atoms with Crippen LogP contribution >= 0.6 is 0 Å². The fourth-order valence-corrected chi connectivity index (χ4v) is 7.19. The average Bonchev–Trinajstić information content (AvgIpc) is 3.21. The number of rotatable bonds is 2. The van der Waals surface area contributed by atoms with E-state index in [0.717, 1.165) is 16.7 Å². The molecule has 0 amide bonds. The van der Waals surface area contributed by atoms with Gasteiger partial charge in [0, 0.05) is 29.1 Å². The van der Waals surface area contributed by atoms with Crippen molar-refractivity contribution in [2.45, 2.75) is 96.3 Å². The molecule has 3 aromatic heterocycles. The van der Waals surface area contributed by atoms with Gasteiger partial charge in [0.2, 0.25) is 11.4 Å². The number of hydrogen-bond acceptors (Lipinski definition) is 2. The van der Waals surface area contributed by atoms with Gasteiger partial charge in [-0.25, -0.2) is 9.55 Å². The lowest BCUT2D eigenvalue weighted by Crippen LogP contribution is -2.36. The molecule has 35 heavy (non-hydrogen) atoms. The molecular formula is C32H39N2O+. The maximum Gasteiger partial charge on any atom is 0.227 e. The van der Waals surface area contributed by atoms with Crippen LogP contribution < -0.4 is 4.57 Å². The number of nitrogens with zero attached hydrogens (tertiary/aromatic N) is 2. The van der Waals surface area contributed by atoms with Gasteiger partial charge in [-0.3, -0.25) is 0 Å². The lowest BCUT2D eigenvalue weighted by molar-refractivity contribution is -0.660. The Morgan fingerprint density at radius 2 is 1.69 bits per heavy atom. The first kappa shape index (κ1) is 22.8. The zero-order valence-corrected chi connectivity index (χ0v) is 22.3. The molecule has 6 rings (SSSR count). The van der Waals surface area contributed by atoms with E-state index in [2.05, 4.69) is 75.6 Å². The SMILES string of the molecule is Cc1c2c(c3c(oc4ncccc43)c1-c1cc(C3CCCCC3)cc[n+]1C)C(C)(C)CCC2(C)C. The van der Waals surface area contributed by atoms with Crippen molar-refractivity contribution in [2.24, 2.45) is 7.05 Å². The van der Waals surface area contributed by atoms with Gasteiger partial charge in [-0.2, -0.15) is 0 Å². The predicted molar refractivity (Wildman–Crippen MR) is 144 cm³/mol. The van der Waals surface area contributed by atoms with Crippen molar-refractivity contribution in [2.75, 3.05) is 0 Å². The van der Waals surface area contributed by atoms with Crippen molar-refractivity contribution in [3.63, 3.8) is 0 Å². The number of benzene rings is 1. The monoisotopic (exact) mass is 467 g/mol. The van der Waals surface area contributed by atoms with Gasteiger partial charge in [-0.05, 0) is 83.7 Å². The molecule has 2 aliphatic rings. The number of fused-ring (bicyclic) bond motifs is 5. The van der Waals surface area contributed by atoms with Crippen LogP contribution in [0.2, 0.25) is 0 Å². The molecule has 2 aliphatic carbocycles. The van der Waals surface area contributed by atoms with Crippen molar-refractivity contribution in [3.8, 4) is 11.3 Å². The van der Waals surface area contributed by atoms with Crippen LogP contribution in [0.5, 0.6) is 0 Å². The standard InChI is InChI=1S/C32H39N2O/c1-20-25(24-19-22(14-18-34(24)6)21-11-8-7-9-12-21)29-26(23-13-10-17-33-30(23)35-29)28-27(20)31(2,3)15-16-32(28,4)5/h10,13-14,17-19,21H,7-9,11-12,15-16H2,1-6H3/q+1. The fraction of sp³-hybridized carbons (Fsp3) is 0.500. The molecule has 0 unspecified atom stereocenters. The molecule has 0 saturated heterocycles. The fourth-order valence-electron chi connectivity index (χ4n) is 7.19. The smallest absolute Gasteiger partial charge is 0.227 e. The Bertz CT molecular complexity index is 1450. The number of hydrogen-bond donors (Lipinski definition) is 0. The van der Waals surface area contributed by atoms with Crippen LogP contribution in [0.3, 0.4) is 0 Å². The van der Waals surface area contributed by atoms with Gasteiger partial charge < -0.3 is 4.42 Å². The second-order valence-electron chi connectivity index (χ2n) is 12.5. The van der Waals surface area contributed by atoms with Gasteiger partial charge >= 0.3 is 0 Å². The summed E-state index contributed by atoms with van der Waals surface area (Å²) < 4.78 is 8.96. The number of aromatic nitrogens is 2. The van der Waals surface area contributed by atoms with Crippen LogP contribution in [0.4, 0.5) is 0 Å². The lowest BCUT2D eigenvalue weighted by Gasteiger charge is -2.43. The molecule has 0 aliphatic heterocycles. The highest BCUT2D eigenvalue weighted by atomic mass is 16.3. The van der Waals surface area contributed by atoms with Crippen LogP contribution in [0.25, 0.3) is 33.3 Å². The topological polar surface area (TPSA) is 29.9 Å². The molecule has 0 radical (unpaired) electrons. The Balaban J connectivity index is 1.74. The molecule has 0 N–H and O–H groups in total. The molecule has 0 atom stereocenters. The largest absolute Gasteiger partial charge is 0.437 e. The molecule has 1 aromatic carbocycles. The van der Waals surface area contributed by atoms with E-state index in [1.54, 1.807) is 0 Å². The molecule has 4 aromatic rings. The first-order valence-corrected chi connectivity index (χ1v) is 13.5. The third-order valence-corrected chi connectivity index (χ3v) is 9.18. The minimum absolute atomic E-state index is 0.0885. The van der Waals surface area contributed by atoms with Crippen LogP contribution in [-0.4, -0.2) is 4.98 Å². The average molecular weight is 468 g/mol. The van der Waals surface area contributed by atoms with E-state index < -0.39 is 0 Å². The zero-order valence-electron chi connectivity index (χ0n) is 22.3. The van der Waals surface area contributed by atoms with Crippen LogP contribution in [0.1, 0.15) is 101 Å². The summed E-state index contributed by atoms with van der Waals surface area (Å²) in [5.41, 5.74) is 10.3. The Labute approximate surface area is 209 Å². The summed E-state index contributed by atoms with van der Waals surface area (Å²) in [6.45, 7) is 12.0. The number of aryl methyl sites for hydroxylation is 1. The van der Waals surface area contributed by atoms with E-state index in [4.69, 9.17) is 4.42 Å². The molecule has 3 nitrogen and oxygen atoms in total. The molecule has 0 bridgehead atoms. The van der Waals surface area contributed by atoms with Crippen molar-refractivity contribution >= 4 is 22.1 Å². The highest BCUT2D eigenvalue weighted by molar-refractivity contribution is 6.12. The van der Waals surface area contributed by atoms with E-state index in [-0.39, 0.29) is 10.8 Å². The molecule has 3 heteroatoms. The molecule has 0 spiro atoms. The van der Waals surface area contributed by atoms with Gasteiger partial charge in [-0.15, -0.1) is 0 Å². The summed E-state index contributed by atoms with van der Waals surface area (Å²) in [5.74, 6) is 0.671. The van der Waals surface area contributed by atoms with Gasteiger partial charge in [0.05, 0.1) is 5.56 Å². The zero-order chi connectivity index (χ0) is 24.5. The Hall–Kier alpha value is -2.68. The third kappa shape index (κ3) is 3.45. The van der Waals surface area contributed by atoms with Gasteiger partial charge in [0.25, 0.3) is 0 Å². The molecule has 1 saturated carbocycles. The Morgan fingerprint density at radius 1 is 0.971 bits per heavy atom. The van der Waals surface area contributed by atoms with Gasteiger partial charge in [0.15, 0.2) is 11.8 Å². The van der Waals surface area contributed by atoms with Crippen LogP contribution in [-0.2, 0) is 17.9 Å². The van der Waals surface area contributed by atoms with Gasteiger partial charge in [-0.1, -0.05) is 47.0 Å². The minimum atomic E-state index is 0.0885. The van der Waals surface area contributed by atoms with E-state index >= 15 is 0 Å². The first-order chi connectivity index (χ1) is 16.7. The van der Waals surface area contributed by atoms with Crippen LogP contribution in [0, 0.1) is 6.92 Å². The van der Waals surface area contributed by atoms with E-state index in [9.17, 15) is 0 Å². The van der Waals surface area contributed by atoms with E-state index in [1.807, 2.05) is 12.3 Å². The summed E-state index contributed by atoms with van der Waals surface area (Å²) in [6.07, 6.45) is 13.2. The maximum atomic E-state index is 6.66. The van der Waals surface area contributed by atoms with Crippen molar-refractivity contribution in [1.29, 1.82) is 0 Å². The van der Waals surface area contributed by atoms with E-state index in [1.165, 1.54) is 83.8 Å². The minimum Gasteiger partial charge on any atom is -0.437 e. The van der Waals surface area contributed by atoms with Crippen LogP contribution in [0.15, 0.2) is 41.1 Å². The molecule has 182 valence electrons. The summed E-state index contributed by atoms with van der Waals surface area (Å²) in [4.78, 5) is 4.66. The Kier molecular flexibility index (Phi) is 5.15. The van der Waals surface area contributed by atoms with Crippen molar-refractivity contribution in [1.82, 2.24) is 4.98 Å². The first-order valence-electron chi connectivity index (χ1n) is 13.5. The molecule has 3 heterocycles. The quantitative estimate of drug-likeness (QED) is 0.278.